The number of anilines is 2. The van der Waals surface area contributed by atoms with Gasteiger partial charge in [0.25, 0.3) is 0 Å². The predicted octanol–water partition coefficient (Wildman–Crippen LogP) is 2.59. The summed E-state index contributed by atoms with van der Waals surface area (Å²) < 4.78 is 28.6. The highest BCUT2D eigenvalue weighted by Gasteiger charge is 2.23. The molecule has 9 nitrogen and oxygen atoms in total. The van der Waals surface area contributed by atoms with Crippen molar-refractivity contribution in [2.45, 2.75) is 13.0 Å². The third kappa shape index (κ3) is 3.60. The first-order chi connectivity index (χ1) is 14.3. The number of aliphatic carboxylic acids is 1. The molecule has 3 aromatic heterocycles. The van der Waals surface area contributed by atoms with Crippen LogP contribution >= 0.6 is 0 Å². The number of pyridine rings is 1. The van der Waals surface area contributed by atoms with E-state index >= 15 is 0 Å². The third-order valence-electron chi connectivity index (χ3n) is 4.42. The minimum absolute atomic E-state index is 0.0163. The fourth-order valence-electron chi connectivity index (χ4n) is 2.95. The molecule has 0 radical (unpaired) electrons. The van der Waals surface area contributed by atoms with Crippen molar-refractivity contribution in [2.24, 2.45) is 0 Å². The molecule has 0 aliphatic heterocycles. The number of carboxylic acid groups (broad SMARTS) is 1. The fraction of sp³-hybridized carbons (Fsp3) is 0.105. The molecule has 0 spiro atoms. The number of hydrogen-bond acceptors (Lipinski definition) is 7. The monoisotopic (exact) mass is 411 g/mol. The number of carbonyl (C=O) groups is 1. The van der Waals surface area contributed by atoms with Crippen molar-refractivity contribution in [3.05, 3.63) is 65.7 Å². The van der Waals surface area contributed by atoms with E-state index < -0.39 is 23.6 Å². The molecule has 0 saturated carbocycles. The summed E-state index contributed by atoms with van der Waals surface area (Å²) in [5.74, 6) is -2.89. The number of aryl methyl sites for hydroxylation is 1. The number of rotatable bonds is 5. The van der Waals surface area contributed by atoms with Gasteiger partial charge in [0.05, 0.1) is 11.7 Å². The largest absolute Gasteiger partial charge is 0.479 e. The Hall–Kier alpha value is -4.15. The van der Waals surface area contributed by atoms with E-state index in [0.717, 1.165) is 29.5 Å². The van der Waals surface area contributed by atoms with E-state index in [-0.39, 0.29) is 23.3 Å². The molecule has 1 aromatic carbocycles. The van der Waals surface area contributed by atoms with Gasteiger partial charge in [0.1, 0.15) is 5.82 Å². The number of nitrogen functional groups attached to an aromatic ring is 1. The highest BCUT2D eigenvalue weighted by Crippen LogP contribution is 2.23. The van der Waals surface area contributed by atoms with Gasteiger partial charge in [0.15, 0.2) is 23.5 Å². The van der Waals surface area contributed by atoms with Gasteiger partial charge in [0.2, 0.25) is 11.9 Å². The zero-order chi connectivity index (χ0) is 21.4. The van der Waals surface area contributed by atoms with Crippen LogP contribution in [0.5, 0.6) is 0 Å². The van der Waals surface area contributed by atoms with Gasteiger partial charge < -0.3 is 20.6 Å². The van der Waals surface area contributed by atoms with Gasteiger partial charge in [-0.1, -0.05) is 6.07 Å². The summed E-state index contributed by atoms with van der Waals surface area (Å²) in [5, 5.41) is 12.1. The fourth-order valence-corrected chi connectivity index (χ4v) is 2.95. The van der Waals surface area contributed by atoms with Gasteiger partial charge >= 0.3 is 5.97 Å². The van der Waals surface area contributed by atoms with Gasteiger partial charge in [-0.05, 0) is 36.8 Å². The summed E-state index contributed by atoms with van der Waals surface area (Å²) in [4.78, 5) is 28.2. The lowest BCUT2D eigenvalue weighted by Gasteiger charge is -2.15. The van der Waals surface area contributed by atoms with Gasteiger partial charge in [-0.15, -0.1) is 0 Å². The van der Waals surface area contributed by atoms with Gasteiger partial charge in [0, 0.05) is 11.8 Å². The average molecular weight is 411 g/mol. The van der Waals surface area contributed by atoms with Crippen LogP contribution in [0.1, 0.15) is 17.4 Å². The van der Waals surface area contributed by atoms with Crippen LogP contribution in [-0.2, 0) is 4.79 Å². The molecular weight excluding hydrogens is 396 g/mol. The van der Waals surface area contributed by atoms with E-state index in [1.807, 2.05) is 17.4 Å². The summed E-state index contributed by atoms with van der Waals surface area (Å²) >= 11 is 0. The second-order valence-corrected chi connectivity index (χ2v) is 6.45. The van der Waals surface area contributed by atoms with Crippen molar-refractivity contribution < 1.29 is 18.7 Å². The molecule has 0 aliphatic carbocycles. The van der Waals surface area contributed by atoms with E-state index in [2.05, 4.69) is 25.3 Å². The zero-order valence-corrected chi connectivity index (χ0v) is 15.5. The van der Waals surface area contributed by atoms with Crippen molar-refractivity contribution in [1.29, 1.82) is 0 Å². The number of imidazole rings is 1. The number of hydrogen-bond donors (Lipinski definition) is 3. The number of carboxylic acids is 1. The first-order valence-electron chi connectivity index (χ1n) is 8.72. The molecule has 0 bridgehead atoms. The van der Waals surface area contributed by atoms with Crippen LogP contribution in [0.25, 0.3) is 16.9 Å². The summed E-state index contributed by atoms with van der Waals surface area (Å²) in [6.45, 7) is 1.84. The standard InChI is InChI=1S/C19H15F2N7O2/c1-9-23-7-12-4-2-11(8-28(9)12)16-25-18(22)27-19(26-16)24-15(17(29)30)10-3-5-13(20)14(21)6-10/h2-8,15H,1H3,(H,29,30)(H3,22,24,25,26,27). The molecule has 4 N–H and O–H groups in total. The Balaban J connectivity index is 1.71. The Bertz CT molecular complexity index is 1280. The van der Waals surface area contributed by atoms with Crippen molar-refractivity contribution >= 4 is 23.4 Å². The first kappa shape index (κ1) is 19.2. The number of halogens is 2. The van der Waals surface area contributed by atoms with Crippen LogP contribution in [0.4, 0.5) is 20.7 Å². The maximum absolute atomic E-state index is 13.6. The van der Waals surface area contributed by atoms with Crippen LogP contribution in [0, 0.1) is 18.6 Å². The minimum atomic E-state index is -1.44. The first-order valence-corrected chi connectivity index (χ1v) is 8.72. The maximum atomic E-state index is 13.6. The molecule has 1 unspecified atom stereocenters. The molecule has 1 atom stereocenters. The molecule has 0 amide bonds. The molecule has 0 saturated heterocycles. The summed E-state index contributed by atoms with van der Waals surface area (Å²) in [5.41, 5.74) is 7.23. The predicted molar refractivity (Wildman–Crippen MR) is 104 cm³/mol. The van der Waals surface area contributed by atoms with Crippen LogP contribution in [0.3, 0.4) is 0 Å². The van der Waals surface area contributed by atoms with Crippen molar-refractivity contribution in [2.75, 3.05) is 11.1 Å². The summed E-state index contributed by atoms with van der Waals surface area (Å²) in [6, 6.07) is 4.95. The topological polar surface area (TPSA) is 131 Å². The Kier molecular flexibility index (Phi) is 4.70. The highest BCUT2D eigenvalue weighted by atomic mass is 19.2. The van der Waals surface area contributed by atoms with Crippen LogP contribution < -0.4 is 11.1 Å². The molecule has 152 valence electrons. The Labute approximate surface area is 168 Å². The van der Waals surface area contributed by atoms with Crippen LogP contribution in [-0.4, -0.2) is 35.4 Å². The lowest BCUT2D eigenvalue weighted by atomic mass is 10.1. The summed E-state index contributed by atoms with van der Waals surface area (Å²) in [6.07, 6.45) is 3.48. The molecule has 0 fully saturated rings. The van der Waals surface area contributed by atoms with E-state index in [1.54, 1.807) is 18.5 Å². The lowest BCUT2D eigenvalue weighted by Crippen LogP contribution is -2.22. The summed E-state index contributed by atoms with van der Waals surface area (Å²) in [7, 11) is 0. The number of nitrogens with two attached hydrogens (primary N) is 1. The van der Waals surface area contributed by atoms with E-state index in [0.29, 0.717) is 5.56 Å². The van der Waals surface area contributed by atoms with E-state index in [9.17, 15) is 18.7 Å². The Morgan fingerprint density at radius 3 is 2.70 bits per heavy atom. The molecule has 4 rings (SSSR count). The average Bonchev–Trinajstić information content (AvgIpc) is 3.08. The molecule has 3 heterocycles. The normalized spacial score (nSPS) is 12.1. The molecular formula is C19H15F2N7O2. The zero-order valence-electron chi connectivity index (χ0n) is 15.5. The number of benzene rings is 1. The lowest BCUT2D eigenvalue weighted by molar-refractivity contribution is -0.138. The van der Waals surface area contributed by atoms with Crippen LogP contribution in [0.15, 0.2) is 42.7 Å². The Morgan fingerprint density at radius 1 is 1.17 bits per heavy atom. The third-order valence-corrected chi connectivity index (χ3v) is 4.42. The van der Waals surface area contributed by atoms with Crippen molar-refractivity contribution in [3.63, 3.8) is 0 Å². The van der Waals surface area contributed by atoms with Crippen LogP contribution in [0.2, 0.25) is 0 Å². The quantitative estimate of drug-likeness (QED) is 0.457. The van der Waals surface area contributed by atoms with Gasteiger partial charge in [-0.25, -0.2) is 18.6 Å². The number of fused-ring (bicyclic) bond motifs is 1. The smallest absolute Gasteiger partial charge is 0.330 e. The molecule has 0 aliphatic rings. The van der Waals surface area contributed by atoms with E-state index in [4.69, 9.17) is 5.73 Å². The van der Waals surface area contributed by atoms with Crippen molar-refractivity contribution in [3.8, 4) is 11.4 Å². The van der Waals surface area contributed by atoms with E-state index in [1.165, 1.54) is 0 Å². The number of nitrogens with one attached hydrogen (secondary N) is 1. The molecule has 4 aromatic rings. The maximum Gasteiger partial charge on any atom is 0.330 e. The molecule has 11 heteroatoms. The SMILES string of the molecule is Cc1ncc2ccc(-c3nc(N)nc(NC(C(=O)O)c4ccc(F)c(F)c4)n3)cn12. The Morgan fingerprint density at radius 2 is 1.97 bits per heavy atom. The van der Waals surface area contributed by atoms with Gasteiger partial charge in [-0.3, -0.25) is 0 Å². The molecule has 30 heavy (non-hydrogen) atoms. The number of aromatic nitrogens is 5. The van der Waals surface area contributed by atoms with Gasteiger partial charge in [-0.2, -0.15) is 15.0 Å². The second-order valence-electron chi connectivity index (χ2n) is 6.45. The number of nitrogens with zero attached hydrogens (tertiary/aromatic N) is 5. The van der Waals surface area contributed by atoms with Crippen molar-refractivity contribution in [1.82, 2.24) is 24.3 Å². The second kappa shape index (κ2) is 7.35. The minimum Gasteiger partial charge on any atom is -0.479 e. The highest BCUT2D eigenvalue weighted by molar-refractivity contribution is 5.78.